The van der Waals surface area contributed by atoms with Gasteiger partial charge in [-0.1, -0.05) is 18.2 Å². The van der Waals surface area contributed by atoms with E-state index >= 15 is 0 Å². The summed E-state index contributed by atoms with van der Waals surface area (Å²) in [5.41, 5.74) is 3.88. The lowest BCUT2D eigenvalue weighted by Crippen LogP contribution is -2.34. The molecule has 1 atom stereocenters. The van der Waals surface area contributed by atoms with Crippen LogP contribution in [0.25, 0.3) is 11.0 Å². The number of carboxylic acids is 1. The first-order valence-electron chi connectivity index (χ1n) is 13.7. The second-order valence-corrected chi connectivity index (χ2v) is 10.6. The van der Waals surface area contributed by atoms with Gasteiger partial charge in [0.1, 0.15) is 17.6 Å². The summed E-state index contributed by atoms with van der Waals surface area (Å²) in [6.07, 6.45) is 3.41. The van der Waals surface area contributed by atoms with Crippen LogP contribution in [0.3, 0.4) is 0 Å². The lowest BCUT2D eigenvalue weighted by atomic mass is 9.88. The number of nitrogens with zero attached hydrogens (tertiary/aromatic N) is 5. The van der Waals surface area contributed by atoms with Crippen LogP contribution in [0.2, 0.25) is 0 Å². The number of nitriles is 1. The minimum absolute atomic E-state index is 0.135. The number of hydrogen-bond donors (Lipinski definition) is 0. The van der Waals surface area contributed by atoms with Crippen molar-refractivity contribution < 1.29 is 24.1 Å². The number of pyridine rings is 1. The van der Waals surface area contributed by atoms with Crippen LogP contribution >= 0.6 is 0 Å². The molecule has 0 spiro atoms. The highest BCUT2D eigenvalue weighted by molar-refractivity contribution is 5.91. The Morgan fingerprint density at radius 3 is 2.73 bits per heavy atom. The van der Waals surface area contributed by atoms with Gasteiger partial charge in [0.15, 0.2) is 11.5 Å². The number of likely N-dealkylation sites (tertiary alicyclic amines) is 1. The number of piperidine rings is 1. The average molecular weight is 553 g/mol. The predicted octanol–water partition coefficient (Wildman–Crippen LogP) is 3.34. The highest BCUT2D eigenvalue weighted by Gasteiger charge is 2.42. The molecule has 2 aliphatic heterocycles. The Morgan fingerprint density at radius 1 is 1.20 bits per heavy atom. The van der Waals surface area contributed by atoms with Crippen molar-refractivity contribution in [1.82, 2.24) is 19.4 Å². The third-order valence-corrected chi connectivity index (χ3v) is 7.94. The van der Waals surface area contributed by atoms with Crippen molar-refractivity contribution >= 4 is 17.0 Å². The second kappa shape index (κ2) is 10.8. The molecular formula is C31H30N5O5-. The molecule has 210 valence electrons. The summed E-state index contributed by atoms with van der Waals surface area (Å²) in [6, 6.07) is 16.5. The van der Waals surface area contributed by atoms with Crippen molar-refractivity contribution in [3.63, 3.8) is 0 Å². The number of carbonyl (C=O) groups excluding carboxylic acids is 1. The molecule has 0 aliphatic carbocycles. The maximum atomic E-state index is 11.4. The van der Waals surface area contributed by atoms with E-state index in [1.807, 2.05) is 23.6 Å². The number of aromatic carboxylic acids is 1. The zero-order valence-corrected chi connectivity index (χ0v) is 23.0. The number of benzene rings is 2. The van der Waals surface area contributed by atoms with E-state index in [2.05, 4.69) is 22.0 Å². The minimum Gasteiger partial charge on any atom is -0.545 e. The number of ether oxygens (including phenoxy) is 3. The lowest BCUT2D eigenvalue weighted by molar-refractivity contribution is -0.255. The quantitative estimate of drug-likeness (QED) is 0.324. The van der Waals surface area contributed by atoms with Crippen LogP contribution in [-0.4, -0.2) is 52.2 Å². The van der Waals surface area contributed by atoms with Gasteiger partial charge in [0, 0.05) is 32.3 Å². The van der Waals surface area contributed by atoms with E-state index in [4.69, 9.17) is 24.5 Å². The number of carbonyl (C=O) groups is 1. The molecule has 2 aromatic heterocycles. The lowest BCUT2D eigenvalue weighted by Gasteiger charge is -2.32. The number of hydrogen-bond acceptors (Lipinski definition) is 9. The highest BCUT2D eigenvalue weighted by atomic mass is 16.7. The summed E-state index contributed by atoms with van der Waals surface area (Å²) in [7, 11) is 1.65. The van der Waals surface area contributed by atoms with E-state index in [9.17, 15) is 9.90 Å². The molecule has 0 bridgehead atoms. The molecule has 2 aliphatic rings. The van der Waals surface area contributed by atoms with Crippen molar-refractivity contribution in [3.8, 4) is 17.6 Å². The van der Waals surface area contributed by atoms with Crippen molar-refractivity contribution in [2.45, 2.75) is 44.6 Å². The molecular weight excluding hydrogens is 522 g/mol. The van der Waals surface area contributed by atoms with Gasteiger partial charge in [-0.2, -0.15) is 5.26 Å². The van der Waals surface area contributed by atoms with Crippen LogP contribution in [0.15, 0.2) is 54.7 Å². The van der Waals surface area contributed by atoms with E-state index in [0.29, 0.717) is 42.6 Å². The van der Waals surface area contributed by atoms with Gasteiger partial charge < -0.3 is 28.7 Å². The van der Waals surface area contributed by atoms with Crippen LogP contribution in [-0.2, 0) is 23.6 Å². The van der Waals surface area contributed by atoms with Crippen LogP contribution in [0.1, 0.15) is 58.7 Å². The van der Waals surface area contributed by atoms with Crippen LogP contribution in [0, 0.1) is 11.3 Å². The van der Waals surface area contributed by atoms with Crippen molar-refractivity contribution in [3.05, 3.63) is 82.9 Å². The summed E-state index contributed by atoms with van der Waals surface area (Å²) in [5, 5.41) is 20.5. The first-order chi connectivity index (χ1) is 19.9. The number of carboxylic acid groups (broad SMARTS) is 1. The van der Waals surface area contributed by atoms with Crippen molar-refractivity contribution in [1.29, 1.82) is 5.26 Å². The summed E-state index contributed by atoms with van der Waals surface area (Å²) < 4.78 is 20.0. The topological polar surface area (TPSA) is 126 Å². The molecule has 0 radical (unpaired) electrons. The Labute approximate surface area is 237 Å². The van der Waals surface area contributed by atoms with E-state index in [1.54, 1.807) is 31.4 Å². The largest absolute Gasteiger partial charge is 0.545 e. The monoisotopic (exact) mass is 552 g/mol. The molecule has 0 amide bonds. The second-order valence-electron chi connectivity index (χ2n) is 10.6. The van der Waals surface area contributed by atoms with Gasteiger partial charge in [-0.25, -0.2) is 4.98 Å². The maximum absolute atomic E-state index is 11.4. The van der Waals surface area contributed by atoms with Crippen LogP contribution in [0.4, 0.5) is 0 Å². The molecule has 0 saturated carbocycles. The first kappa shape index (κ1) is 26.7. The molecule has 0 N–H and O–H groups in total. The molecule has 6 rings (SSSR count). The van der Waals surface area contributed by atoms with Crippen molar-refractivity contribution in [2.24, 2.45) is 0 Å². The number of aromatic nitrogens is 3. The molecule has 2 aromatic carbocycles. The maximum Gasteiger partial charge on any atom is 0.292 e. The van der Waals surface area contributed by atoms with Crippen LogP contribution < -0.4 is 14.6 Å². The van der Waals surface area contributed by atoms with Crippen molar-refractivity contribution in [2.75, 3.05) is 26.8 Å². The van der Waals surface area contributed by atoms with Gasteiger partial charge in [-0.05, 0) is 67.7 Å². The third kappa shape index (κ3) is 5.10. The Hall–Kier alpha value is -4.46. The Bertz CT molecular complexity index is 1640. The average Bonchev–Trinajstić information content (AvgIpc) is 3.52. The molecule has 41 heavy (non-hydrogen) atoms. The molecule has 4 aromatic rings. The fraction of sp³-hybridized carbons (Fsp3) is 0.355. The van der Waals surface area contributed by atoms with Gasteiger partial charge in [-0.15, -0.1) is 0 Å². The minimum atomic E-state index is -1.20. The smallest absolute Gasteiger partial charge is 0.292 e. The van der Waals surface area contributed by atoms with E-state index in [-0.39, 0.29) is 5.56 Å². The molecule has 1 saturated heterocycles. The summed E-state index contributed by atoms with van der Waals surface area (Å²) in [5.74, 6) is 0.370. The fourth-order valence-corrected chi connectivity index (χ4v) is 5.76. The van der Waals surface area contributed by atoms with Crippen LogP contribution in [0.5, 0.6) is 11.5 Å². The van der Waals surface area contributed by atoms with Gasteiger partial charge in [0.2, 0.25) is 0 Å². The number of methoxy groups -OCH3 is 1. The fourth-order valence-electron chi connectivity index (χ4n) is 5.76. The predicted molar refractivity (Wildman–Crippen MR) is 147 cm³/mol. The normalized spacial score (nSPS) is 19.0. The van der Waals surface area contributed by atoms with Gasteiger partial charge in [0.25, 0.3) is 5.79 Å². The highest BCUT2D eigenvalue weighted by Crippen LogP contribution is 2.49. The SMILES string of the molecule is COCCn1c(CN2CCC(c3cccc4c3OC(C)(c3ccc(C#N)cn3)O4)CC2)nc2ccc(C(=O)[O-])cc21. The number of rotatable bonds is 8. The summed E-state index contributed by atoms with van der Waals surface area (Å²) in [4.78, 5) is 23.1. The molecule has 1 fully saturated rings. The Balaban J connectivity index is 1.17. The van der Waals surface area contributed by atoms with E-state index in [1.165, 1.54) is 12.3 Å². The Morgan fingerprint density at radius 2 is 2.02 bits per heavy atom. The summed E-state index contributed by atoms with van der Waals surface area (Å²) in [6.45, 7) is 5.33. The number of para-hydroxylation sites is 1. The zero-order chi connectivity index (χ0) is 28.6. The molecule has 4 heterocycles. The molecule has 10 nitrogen and oxygen atoms in total. The molecule has 10 heteroatoms. The van der Waals surface area contributed by atoms with Gasteiger partial charge >= 0.3 is 0 Å². The summed E-state index contributed by atoms with van der Waals surface area (Å²) >= 11 is 0. The van der Waals surface area contributed by atoms with E-state index < -0.39 is 11.8 Å². The van der Waals surface area contributed by atoms with Gasteiger partial charge in [-0.3, -0.25) is 9.88 Å². The molecule has 1 unspecified atom stereocenters. The number of imidazole rings is 1. The third-order valence-electron chi connectivity index (χ3n) is 7.94. The number of fused-ring (bicyclic) bond motifs is 2. The standard InChI is InChI=1S/C31H31N5O5/c1-31(27-9-6-20(17-32)18-33-27)40-26-5-3-4-23(29(26)41-31)21-10-12-35(13-11-21)19-28-34-24-8-7-22(30(37)38)16-25(24)36(28)14-15-39-2/h3-9,16,18,21H,10-15,19H2,1-2H3,(H,37,38)/p-1. The Kier molecular flexibility index (Phi) is 7.07. The zero-order valence-electron chi connectivity index (χ0n) is 23.0. The van der Waals surface area contributed by atoms with E-state index in [0.717, 1.165) is 54.1 Å². The first-order valence-corrected chi connectivity index (χ1v) is 13.7. The van der Waals surface area contributed by atoms with Gasteiger partial charge in [0.05, 0.1) is 35.7 Å².